The van der Waals surface area contributed by atoms with Gasteiger partial charge in [-0.05, 0) is 75.2 Å². The fourth-order valence-electron chi connectivity index (χ4n) is 5.33. The summed E-state index contributed by atoms with van der Waals surface area (Å²) < 4.78 is 13.7. The predicted molar refractivity (Wildman–Crippen MR) is 122 cm³/mol. The monoisotopic (exact) mass is 457 g/mol. The highest BCUT2D eigenvalue weighted by Gasteiger charge is 2.58. The minimum Gasteiger partial charge on any atom is -0.450 e. The SMILES string of the molecule is CCOC(=O)N1CCC(NC(=O)[C@@H]2CC23CCN(Cc2ccc4nsnc4c2)CC3)CC1. The van der Waals surface area contributed by atoms with E-state index in [0.717, 1.165) is 62.8 Å². The number of carbonyl (C=O) groups is 2. The molecule has 0 unspecified atom stereocenters. The molecule has 3 aliphatic rings. The lowest BCUT2D eigenvalue weighted by Crippen LogP contribution is -2.47. The molecule has 9 heteroatoms. The van der Waals surface area contributed by atoms with Crippen LogP contribution in [-0.2, 0) is 16.1 Å². The van der Waals surface area contributed by atoms with Gasteiger partial charge in [0, 0.05) is 31.6 Å². The number of hydrogen-bond acceptors (Lipinski definition) is 7. The van der Waals surface area contributed by atoms with E-state index in [-0.39, 0.29) is 29.4 Å². The molecule has 3 fully saturated rings. The normalized spacial score (nSPS) is 23.4. The molecule has 2 aliphatic heterocycles. The number of likely N-dealkylation sites (tertiary alicyclic amines) is 2. The van der Waals surface area contributed by atoms with Crippen molar-refractivity contribution < 1.29 is 14.3 Å². The summed E-state index contributed by atoms with van der Waals surface area (Å²) in [5, 5.41) is 3.27. The van der Waals surface area contributed by atoms with Crippen molar-refractivity contribution in [3.8, 4) is 0 Å². The number of benzene rings is 1. The molecule has 8 nitrogen and oxygen atoms in total. The van der Waals surface area contributed by atoms with Crippen LogP contribution in [0.3, 0.4) is 0 Å². The van der Waals surface area contributed by atoms with Crippen LogP contribution in [0.1, 0.15) is 44.6 Å². The van der Waals surface area contributed by atoms with Gasteiger partial charge in [-0.15, -0.1) is 0 Å². The first-order valence-electron chi connectivity index (χ1n) is 11.7. The third-order valence-electron chi connectivity index (χ3n) is 7.45. The van der Waals surface area contributed by atoms with Crippen molar-refractivity contribution >= 4 is 34.8 Å². The third kappa shape index (κ3) is 4.45. The van der Waals surface area contributed by atoms with Crippen molar-refractivity contribution in [1.82, 2.24) is 23.9 Å². The van der Waals surface area contributed by atoms with Crippen molar-refractivity contribution in [3.05, 3.63) is 23.8 Å². The van der Waals surface area contributed by atoms with E-state index >= 15 is 0 Å². The first-order chi connectivity index (χ1) is 15.6. The standard InChI is InChI=1S/C23H31N5O3S/c1-2-31-22(30)28-9-5-17(6-10-28)24-21(29)18-14-23(18)7-11-27(12-8-23)15-16-3-4-19-20(13-16)26-32-25-19/h3-4,13,17-18H,2,5-12,14-15H2,1H3,(H,24,29)/t18-/m0/s1. The van der Waals surface area contributed by atoms with E-state index in [2.05, 4.69) is 37.2 Å². The Balaban J connectivity index is 1.06. The number of amides is 2. The van der Waals surface area contributed by atoms with Crippen molar-refractivity contribution in [2.45, 2.75) is 51.6 Å². The summed E-state index contributed by atoms with van der Waals surface area (Å²) in [7, 11) is 0. The van der Waals surface area contributed by atoms with Gasteiger partial charge in [0.05, 0.1) is 18.3 Å². The summed E-state index contributed by atoms with van der Waals surface area (Å²) in [5.41, 5.74) is 3.43. The summed E-state index contributed by atoms with van der Waals surface area (Å²) in [6.45, 7) is 6.52. The van der Waals surface area contributed by atoms with E-state index in [0.29, 0.717) is 19.7 Å². The summed E-state index contributed by atoms with van der Waals surface area (Å²) in [5.74, 6) is 0.375. The molecule has 2 saturated heterocycles. The zero-order valence-corrected chi connectivity index (χ0v) is 19.4. The average Bonchev–Trinajstić information content (AvgIpc) is 3.30. The van der Waals surface area contributed by atoms with Gasteiger partial charge >= 0.3 is 6.09 Å². The van der Waals surface area contributed by atoms with Crippen molar-refractivity contribution in [3.63, 3.8) is 0 Å². The Hall–Kier alpha value is -2.26. The van der Waals surface area contributed by atoms with Crippen LogP contribution in [0.2, 0.25) is 0 Å². The van der Waals surface area contributed by atoms with Crippen LogP contribution >= 0.6 is 11.7 Å². The molecular weight excluding hydrogens is 426 g/mol. The average molecular weight is 458 g/mol. The molecule has 1 atom stereocenters. The Kier molecular flexibility index (Phi) is 6.03. The first-order valence-corrected chi connectivity index (χ1v) is 12.4. The lowest BCUT2D eigenvalue weighted by Gasteiger charge is -2.34. The van der Waals surface area contributed by atoms with Gasteiger partial charge in [0.1, 0.15) is 11.0 Å². The highest BCUT2D eigenvalue weighted by atomic mass is 32.1. The summed E-state index contributed by atoms with van der Waals surface area (Å²) >= 11 is 1.26. The fourth-order valence-corrected chi connectivity index (χ4v) is 5.85. The lowest BCUT2D eigenvalue weighted by atomic mass is 9.90. The number of piperidine rings is 2. The van der Waals surface area contributed by atoms with Gasteiger partial charge in [0.25, 0.3) is 0 Å². The molecule has 1 saturated carbocycles. The predicted octanol–water partition coefficient (Wildman–Crippen LogP) is 3.03. The molecule has 1 spiro atoms. The van der Waals surface area contributed by atoms with Gasteiger partial charge < -0.3 is 15.0 Å². The molecular formula is C23H31N5O3S. The van der Waals surface area contributed by atoms with Crippen LogP contribution < -0.4 is 5.32 Å². The van der Waals surface area contributed by atoms with Gasteiger partial charge in [0.2, 0.25) is 5.91 Å². The molecule has 0 radical (unpaired) electrons. The van der Waals surface area contributed by atoms with Crippen LogP contribution in [0.5, 0.6) is 0 Å². The molecule has 5 rings (SSSR count). The molecule has 3 heterocycles. The van der Waals surface area contributed by atoms with Gasteiger partial charge in [-0.1, -0.05) is 6.07 Å². The van der Waals surface area contributed by atoms with Gasteiger partial charge in [0.15, 0.2) is 0 Å². The molecule has 32 heavy (non-hydrogen) atoms. The zero-order chi connectivity index (χ0) is 22.1. The van der Waals surface area contributed by atoms with Gasteiger partial charge in [-0.3, -0.25) is 9.69 Å². The lowest BCUT2D eigenvalue weighted by molar-refractivity contribution is -0.124. The Bertz CT molecular complexity index is 979. The zero-order valence-electron chi connectivity index (χ0n) is 18.6. The largest absolute Gasteiger partial charge is 0.450 e. The molecule has 1 aromatic heterocycles. The quantitative estimate of drug-likeness (QED) is 0.743. The van der Waals surface area contributed by atoms with Crippen LogP contribution in [-0.4, -0.2) is 69.4 Å². The Morgan fingerprint density at radius 3 is 2.66 bits per heavy atom. The van der Waals surface area contributed by atoms with E-state index in [9.17, 15) is 9.59 Å². The van der Waals surface area contributed by atoms with E-state index in [1.807, 2.05) is 6.92 Å². The number of hydrogen-bond donors (Lipinski definition) is 1. The number of nitrogens with one attached hydrogen (secondary N) is 1. The molecule has 2 aromatic rings. The third-order valence-corrected chi connectivity index (χ3v) is 8.01. The number of fused-ring (bicyclic) bond motifs is 1. The van der Waals surface area contributed by atoms with Crippen LogP contribution in [0.25, 0.3) is 11.0 Å². The summed E-state index contributed by atoms with van der Waals surface area (Å²) in [6.07, 6.45) is 4.56. The second-order valence-corrected chi connectivity index (χ2v) is 9.98. The smallest absolute Gasteiger partial charge is 0.409 e. The minimum absolute atomic E-state index is 0.158. The van der Waals surface area contributed by atoms with Gasteiger partial charge in [-0.25, -0.2) is 4.79 Å². The molecule has 2 amide bonds. The molecule has 1 aliphatic carbocycles. The minimum atomic E-state index is -0.242. The second-order valence-electron chi connectivity index (χ2n) is 9.45. The number of ether oxygens (including phenoxy) is 1. The Labute approximate surface area is 192 Å². The highest BCUT2D eigenvalue weighted by Crippen LogP contribution is 2.59. The number of aromatic nitrogens is 2. The fraction of sp³-hybridized carbons (Fsp3) is 0.652. The van der Waals surface area contributed by atoms with Crippen molar-refractivity contribution in [1.29, 1.82) is 0 Å². The van der Waals surface area contributed by atoms with E-state index < -0.39 is 0 Å². The second kappa shape index (κ2) is 8.94. The van der Waals surface area contributed by atoms with Crippen LogP contribution in [0, 0.1) is 11.3 Å². The Morgan fingerprint density at radius 2 is 1.91 bits per heavy atom. The maximum absolute atomic E-state index is 12.9. The molecule has 1 aromatic carbocycles. The van der Waals surface area contributed by atoms with Crippen molar-refractivity contribution in [2.24, 2.45) is 11.3 Å². The Morgan fingerprint density at radius 1 is 1.16 bits per heavy atom. The van der Waals surface area contributed by atoms with Crippen LogP contribution in [0.4, 0.5) is 4.79 Å². The molecule has 1 N–H and O–H groups in total. The van der Waals surface area contributed by atoms with Crippen LogP contribution in [0.15, 0.2) is 18.2 Å². The summed E-state index contributed by atoms with van der Waals surface area (Å²) in [6, 6.07) is 6.51. The molecule has 0 bridgehead atoms. The van der Waals surface area contributed by atoms with E-state index in [1.165, 1.54) is 17.3 Å². The van der Waals surface area contributed by atoms with E-state index in [1.54, 1.807) is 4.90 Å². The number of rotatable bonds is 5. The molecule has 172 valence electrons. The maximum Gasteiger partial charge on any atom is 0.409 e. The van der Waals surface area contributed by atoms with Gasteiger partial charge in [-0.2, -0.15) is 8.75 Å². The number of nitrogens with zero attached hydrogens (tertiary/aromatic N) is 4. The van der Waals surface area contributed by atoms with Crippen molar-refractivity contribution in [2.75, 3.05) is 32.8 Å². The maximum atomic E-state index is 12.9. The summed E-state index contributed by atoms with van der Waals surface area (Å²) in [4.78, 5) is 29.0. The number of carbonyl (C=O) groups excluding carboxylic acids is 2. The van der Waals surface area contributed by atoms with E-state index in [4.69, 9.17) is 4.74 Å². The first kappa shape index (κ1) is 21.6. The highest BCUT2D eigenvalue weighted by molar-refractivity contribution is 7.00. The topological polar surface area (TPSA) is 87.7 Å².